The molecule has 1 aromatic carbocycles. The average Bonchev–Trinajstić information content (AvgIpc) is 3.03. The molecule has 1 unspecified atom stereocenters. The zero-order valence-corrected chi connectivity index (χ0v) is 15.7. The number of hydrogen-bond donors (Lipinski definition) is 0. The van der Waals surface area contributed by atoms with Gasteiger partial charge in [-0.2, -0.15) is 0 Å². The van der Waals surface area contributed by atoms with E-state index >= 15 is 0 Å². The number of carbonyl (C=O) groups excluding carboxylic acids is 1. The minimum Gasteiger partial charge on any atom is -0.299 e. The van der Waals surface area contributed by atoms with Crippen molar-refractivity contribution in [2.45, 2.75) is 30.8 Å². The van der Waals surface area contributed by atoms with Crippen LogP contribution in [-0.2, 0) is 11.3 Å². The maximum Gasteiger partial charge on any atom is 0.263 e. The van der Waals surface area contributed by atoms with Crippen LogP contribution < -0.4 is 5.56 Å². The number of fused-ring (bicyclic) bond motifs is 1. The molecule has 0 saturated heterocycles. The Morgan fingerprint density at radius 2 is 2.12 bits per heavy atom. The van der Waals surface area contributed by atoms with E-state index in [1.807, 2.05) is 42.6 Å². The number of benzene rings is 1. The van der Waals surface area contributed by atoms with Gasteiger partial charge in [-0.15, -0.1) is 17.9 Å². The molecule has 1 atom stereocenters. The van der Waals surface area contributed by atoms with E-state index in [-0.39, 0.29) is 16.6 Å². The Hall–Kier alpha value is -2.18. The maximum atomic E-state index is 13.1. The Labute approximate surface area is 154 Å². The van der Waals surface area contributed by atoms with Crippen molar-refractivity contribution >= 4 is 39.1 Å². The van der Waals surface area contributed by atoms with Crippen molar-refractivity contribution in [2.24, 2.45) is 0 Å². The maximum absolute atomic E-state index is 13.1. The monoisotopic (exact) mass is 370 g/mol. The highest BCUT2D eigenvalue weighted by Crippen LogP contribution is 2.32. The number of thiophene rings is 1. The molecule has 0 radical (unpaired) electrons. The summed E-state index contributed by atoms with van der Waals surface area (Å²) in [6, 6.07) is 9.82. The summed E-state index contributed by atoms with van der Waals surface area (Å²) < 4.78 is 1.60. The van der Waals surface area contributed by atoms with E-state index in [9.17, 15) is 9.59 Å². The second kappa shape index (κ2) is 7.37. The molecule has 0 amide bonds. The normalized spacial score (nSPS) is 12.2. The van der Waals surface area contributed by atoms with Crippen molar-refractivity contribution < 1.29 is 4.79 Å². The smallest absolute Gasteiger partial charge is 0.263 e. The Morgan fingerprint density at radius 1 is 1.40 bits per heavy atom. The van der Waals surface area contributed by atoms with Crippen molar-refractivity contribution in [3.8, 4) is 11.1 Å². The molecule has 128 valence electrons. The van der Waals surface area contributed by atoms with Crippen LogP contribution in [0.3, 0.4) is 0 Å². The Morgan fingerprint density at radius 3 is 2.76 bits per heavy atom. The second-order valence-corrected chi connectivity index (χ2v) is 7.83. The Kier molecular flexibility index (Phi) is 5.20. The lowest BCUT2D eigenvalue weighted by Gasteiger charge is -2.13. The van der Waals surface area contributed by atoms with E-state index in [0.717, 1.165) is 11.1 Å². The molecule has 0 aliphatic rings. The lowest BCUT2D eigenvalue weighted by Crippen LogP contribution is -2.24. The summed E-state index contributed by atoms with van der Waals surface area (Å²) in [5.41, 5.74) is 1.80. The van der Waals surface area contributed by atoms with Crippen LogP contribution in [0.5, 0.6) is 0 Å². The van der Waals surface area contributed by atoms with Gasteiger partial charge in [-0.3, -0.25) is 14.2 Å². The van der Waals surface area contributed by atoms with E-state index in [0.29, 0.717) is 21.9 Å². The molecule has 0 bridgehead atoms. The molecule has 0 N–H and O–H groups in total. The molecular formula is C19H18N2O2S2. The quantitative estimate of drug-likeness (QED) is 0.367. The van der Waals surface area contributed by atoms with Crippen molar-refractivity contribution in [3.05, 3.63) is 58.7 Å². The SMILES string of the molecule is C=CCn1c(SC(C)C(C)=O)nc2scc(-c3ccccc3)c2c1=O. The van der Waals surface area contributed by atoms with Gasteiger partial charge in [-0.05, 0) is 19.4 Å². The van der Waals surface area contributed by atoms with Crippen LogP contribution in [0.1, 0.15) is 13.8 Å². The van der Waals surface area contributed by atoms with Gasteiger partial charge in [0.1, 0.15) is 10.6 Å². The predicted octanol–water partition coefficient (Wildman–Crippen LogP) is 4.38. The molecule has 0 aliphatic carbocycles. The Bertz CT molecular complexity index is 990. The van der Waals surface area contributed by atoms with Gasteiger partial charge in [-0.25, -0.2) is 4.98 Å². The fourth-order valence-electron chi connectivity index (χ4n) is 2.46. The fraction of sp³-hybridized carbons (Fsp3) is 0.211. The number of allylic oxidation sites excluding steroid dienone is 1. The topological polar surface area (TPSA) is 52.0 Å². The average molecular weight is 370 g/mol. The molecule has 0 saturated carbocycles. The standard InChI is InChI=1S/C19H18N2O2S2/c1-4-10-21-18(23)16-15(14-8-6-5-7-9-14)11-24-17(16)20-19(21)25-13(3)12(2)22/h4-9,11,13H,1,10H2,2-3H3. The third-order valence-electron chi connectivity index (χ3n) is 3.91. The molecule has 3 aromatic rings. The molecular weight excluding hydrogens is 352 g/mol. The number of hydrogen-bond acceptors (Lipinski definition) is 5. The fourth-order valence-corrected chi connectivity index (χ4v) is 4.36. The molecule has 2 heterocycles. The number of nitrogens with zero attached hydrogens (tertiary/aromatic N) is 2. The largest absolute Gasteiger partial charge is 0.299 e. The summed E-state index contributed by atoms with van der Waals surface area (Å²) in [5, 5.41) is 2.89. The van der Waals surface area contributed by atoms with Crippen molar-refractivity contribution in [2.75, 3.05) is 0 Å². The number of thioether (sulfide) groups is 1. The summed E-state index contributed by atoms with van der Waals surface area (Å²) in [7, 11) is 0. The number of ketones is 1. The van der Waals surface area contributed by atoms with Gasteiger partial charge < -0.3 is 0 Å². The van der Waals surface area contributed by atoms with E-state index in [1.54, 1.807) is 17.6 Å². The van der Waals surface area contributed by atoms with Crippen LogP contribution in [0.4, 0.5) is 0 Å². The number of carbonyl (C=O) groups is 1. The van der Waals surface area contributed by atoms with Gasteiger partial charge in [-0.1, -0.05) is 48.2 Å². The third-order valence-corrected chi connectivity index (χ3v) is 5.99. The Balaban J connectivity index is 2.21. The highest BCUT2D eigenvalue weighted by molar-refractivity contribution is 8.00. The van der Waals surface area contributed by atoms with Gasteiger partial charge in [0.2, 0.25) is 0 Å². The summed E-state index contributed by atoms with van der Waals surface area (Å²) in [6.45, 7) is 7.47. The van der Waals surface area contributed by atoms with E-state index < -0.39 is 0 Å². The molecule has 6 heteroatoms. The first-order valence-electron chi connectivity index (χ1n) is 7.88. The van der Waals surface area contributed by atoms with Crippen molar-refractivity contribution in [1.82, 2.24) is 9.55 Å². The molecule has 2 aromatic heterocycles. The molecule has 25 heavy (non-hydrogen) atoms. The van der Waals surface area contributed by atoms with E-state index in [4.69, 9.17) is 0 Å². The van der Waals surface area contributed by atoms with Crippen LogP contribution in [-0.4, -0.2) is 20.6 Å². The number of aromatic nitrogens is 2. The first kappa shape index (κ1) is 17.6. The van der Waals surface area contributed by atoms with Crippen LogP contribution in [0, 0.1) is 0 Å². The molecule has 3 rings (SSSR count). The van der Waals surface area contributed by atoms with Crippen LogP contribution in [0.2, 0.25) is 0 Å². The van der Waals surface area contributed by atoms with Crippen LogP contribution in [0.25, 0.3) is 21.3 Å². The minimum atomic E-state index is -0.256. The molecule has 4 nitrogen and oxygen atoms in total. The molecule has 0 spiro atoms. The highest BCUT2D eigenvalue weighted by Gasteiger charge is 2.19. The zero-order chi connectivity index (χ0) is 18.0. The lowest BCUT2D eigenvalue weighted by molar-refractivity contribution is -0.116. The number of rotatable bonds is 6. The third kappa shape index (κ3) is 3.45. The number of Topliss-reactive ketones (excluding diaryl/α,β-unsaturated/α-hetero) is 1. The summed E-state index contributed by atoms with van der Waals surface area (Å²) in [5.74, 6) is 0.0562. The van der Waals surface area contributed by atoms with Crippen molar-refractivity contribution in [1.29, 1.82) is 0 Å². The van der Waals surface area contributed by atoms with Gasteiger partial charge in [0.05, 0.1) is 10.6 Å². The first-order chi connectivity index (χ1) is 12.0. The van der Waals surface area contributed by atoms with Crippen molar-refractivity contribution in [3.63, 3.8) is 0 Å². The van der Waals surface area contributed by atoms with Crippen LogP contribution in [0.15, 0.2) is 58.3 Å². The van der Waals surface area contributed by atoms with Gasteiger partial charge in [0.15, 0.2) is 5.16 Å². The van der Waals surface area contributed by atoms with Gasteiger partial charge >= 0.3 is 0 Å². The minimum absolute atomic E-state index is 0.0562. The predicted molar refractivity (Wildman–Crippen MR) is 106 cm³/mol. The van der Waals surface area contributed by atoms with E-state index in [1.165, 1.54) is 23.1 Å². The summed E-state index contributed by atoms with van der Waals surface area (Å²) >= 11 is 2.76. The van der Waals surface area contributed by atoms with E-state index in [2.05, 4.69) is 11.6 Å². The first-order valence-corrected chi connectivity index (χ1v) is 9.64. The van der Waals surface area contributed by atoms with Gasteiger partial charge in [0.25, 0.3) is 5.56 Å². The second-order valence-electron chi connectivity index (χ2n) is 5.67. The summed E-state index contributed by atoms with van der Waals surface area (Å²) in [6.07, 6.45) is 1.67. The molecule has 0 fully saturated rings. The highest BCUT2D eigenvalue weighted by atomic mass is 32.2. The van der Waals surface area contributed by atoms with Crippen LogP contribution >= 0.6 is 23.1 Å². The zero-order valence-electron chi connectivity index (χ0n) is 14.1. The summed E-state index contributed by atoms with van der Waals surface area (Å²) in [4.78, 5) is 30.1. The lowest BCUT2D eigenvalue weighted by atomic mass is 10.1. The molecule has 0 aliphatic heterocycles. The van der Waals surface area contributed by atoms with Gasteiger partial charge in [0, 0.05) is 17.5 Å².